The van der Waals surface area contributed by atoms with Gasteiger partial charge in [0.1, 0.15) is 0 Å². The van der Waals surface area contributed by atoms with Crippen LogP contribution in [0.5, 0.6) is 0 Å². The summed E-state index contributed by atoms with van der Waals surface area (Å²) in [4.78, 5) is 23.2. The van der Waals surface area contributed by atoms with Crippen LogP contribution in [0.15, 0.2) is 24.3 Å². The summed E-state index contributed by atoms with van der Waals surface area (Å²) in [5.74, 6) is -1.11. The SMILES string of the molecule is NC(=O)COC(=O)C1(c2ccc(Cl)cc2)CCOCC1. The van der Waals surface area contributed by atoms with Crippen LogP contribution in [0.4, 0.5) is 0 Å². The molecule has 0 aromatic heterocycles. The maximum atomic E-state index is 12.4. The molecule has 6 heteroatoms. The van der Waals surface area contributed by atoms with Crippen LogP contribution in [0.1, 0.15) is 18.4 Å². The molecule has 0 saturated carbocycles. The third-order valence-electron chi connectivity index (χ3n) is 3.48. The first-order valence-corrected chi connectivity index (χ1v) is 6.72. The Morgan fingerprint density at radius 2 is 1.85 bits per heavy atom. The predicted molar refractivity (Wildman–Crippen MR) is 73.3 cm³/mol. The Bertz CT molecular complexity index is 494. The van der Waals surface area contributed by atoms with Gasteiger partial charge in [0, 0.05) is 18.2 Å². The third-order valence-corrected chi connectivity index (χ3v) is 3.73. The average Bonchev–Trinajstić information content (AvgIpc) is 2.46. The monoisotopic (exact) mass is 297 g/mol. The van der Waals surface area contributed by atoms with Gasteiger partial charge in [-0.1, -0.05) is 23.7 Å². The van der Waals surface area contributed by atoms with Crippen LogP contribution in [-0.2, 0) is 24.5 Å². The second-order valence-electron chi connectivity index (χ2n) is 4.74. The molecule has 1 heterocycles. The number of esters is 1. The zero-order chi connectivity index (χ0) is 14.6. The number of carbonyl (C=O) groups is 2. The van der Waals surface area contributed by atoms with Crippen molar-refractivity contribution >= 4 is 23.5 Å². The van der Waals surface area contributed by atoms with Crippen LogP contribution < -0.4 is 5.73 Å². The number of nitrogens with two attached hydrogens (primary N) is 1. The van der Waals surface area contributed by atoms with Gasteiger partial charge in [-0.2, -0.15) is 0 Å². The van der Waals surface area contributed by atoms with E-state index in [-0.39, 0.29) is 0 Å². The minimum absolute atomic E-state index is 0.408. The number of hydrogen-bond donors (Lipinski definition) is 1. The normalized spacial score (nSPS) is 17.4. The van der Waals surface area contributed by atoms with Crippen molar-refractivity contribution in [2.24, 2.45) is 5.73 Å². The van der Waals surface area contributed by atoms with Crippen LogP contribution in [0, 0.1) is 0 Å². The highest BCUT2D eigenvalue weighted by atomic mass is 35.5. The molecule has 1 saturated heterocycles. The van der Waals surface area contributed by atoms with Gasteiger partial charge in [-0.3, -0.25) is 9.59 Å². The molecular formula is C14H16ClNO4. The van der Waals surface area contributed by atoms with Gasteiger partial charge in [0.15, 0.2) is 6.61 Å². The summed E-state index contributed by atoms with van der Waals surface area (Å²) < 4.78 is 10.3. The van der Waals surface area contributed by atoms with E-state index < -0.39 is 23.9 Å². The molecule has 1 aliphatic rings. The largest absolute Gasteiger partial charge is 0.455 e. The van der Waals surface area contributed by atoms with Crippen molar-refractivity contribution in [2.45, 2.75) is 18.3 Å². The van der Waals surface area contributed by atoms with Gasteiger partial charge < -0.3 is 15.2 Å². The van der Waals surface area contributed by atoms with E-state index in [0.29, 0.717) is 31.1 Å². The molecule has 0 spiro atoms. The summed E-state index contributed by atoms with van der Waals surface area (Å²) >= 11 is 5.88. The van der Waals surface area contributed by atoms with E-state index in [0.717, 1.165) is 5.56 Å². The molecule has 0 aliphatic carbocycles. The Balaban J connectivity index is 2.27. The highest BCUT2D eigenvalue weighted by Crippen LogP contribution is 2.36. The number of carbonyl (C=O) groups excluding carboxylic acids is 2. The number of benzene rings is 1. The van der Waals surface area contributed by atoms with Crippen LogP contribution in [0.3, 0.4) is 0 Å². The molecule has 5 nitrogen and oxygen atoms in total. The quantitative estimate of drug-likeness (QED) is 0.853. The lowest BCUT2D eigenvalue weighted by molar-refractivity contribution is -0.157. The Labute approximate surface area is 122 Å². The van der Waals surface area contributed by atoms with Gasteiger partial charge >= 0.3 is 5.97 Å². The molecule has 0 atom stereocenters. The van der Waals surface area contributed by atoms with Crippen molar-refractivity contribution in [3.8, 4) is 0 Å². The fourth-order valence-corrected chi connectivity index (χ4v) is 2.50. The minimum atomic E-state index is -0.793. The average molecular weight is 298 g/mol. The van der Waals surface area contributed by atoms with E-state index in [1.54, 1.807) is 24.3 Å². The molecule has 1 aromatic rings. The van der Waals surface area contributed by atoms with E-state index >= 15 is 0 Å². The number of primary amides is 1. The molecule has 0 radical (unpaired) electrons. The number of halogens is 1. The molecule has 20 heavy (non-hydrogen) atoms. The topological polar surface area (TPSA) is 78.6 Å². The lowest BCUT2D eigenvalue weighted by atomic mass is 9.74. The number of amides is 1. The zero-order valence-corrected chi connectivity index (χ0v) is 11.7. The van der Waals surface area contributed by atoms with Crippen molar-refractivity contribution in [1.29, 1.82) is 0 Å². The van der Waals surface area contributed by atoms with Crippen molar-refractivity contribution in [3.05, 3.63) is 34.9 Å². The second kappa shape index (κ2) is 6.24. The number of hydrogen-bond acceptors (Lipinski definition) is 4. The molecule has 108 valence electrons. The fraction of sp³-hybridized carbons (Fsp3) is 0.429. The highest BCUT2D eigenvalue weighted by Gasteiger charge is 2.43. The predicted octanol–water partition coefficient (Wildman–Crippen LogP) is 1.42. The van der Waals surface area contributed by atoms with E-state index in [4.69, 9.17) is 26.8 Å². The molecule has 0 unspecified atom stereocenters. The molecule has 2 rings (SSSR count). The lowest BCUT2D eigenvalue weighted by Crippen LogP contribution is -2.43. The summed E-state index contributed by atoms with van der Waals surface area (Å²) in [6.45, 7) is 0.525. The van der Waals surface area contributed by atoms with Crippen molar-refractivity contribution in [1.82, 2.24) is 0 Å². The van der Waals surface area contributed by atoms with Gasteiger partial charge in [0.2, 0.25) is 0 Å². The van der Waals surface area contributed by atoms with Gasteiger partial charge in [-0.05, 0) is 30.5 Å². The summed E-state index contributed by atoms with van der Waals surface area (Å²) in [6, 6.07) is 7.07. The van der Waals surface area contributed by atoms with Gasteiger partial charge in [0.25, 0.3) is 5.91 Å². The third kappa shape index (κ3) is 3.11. The molecule has 1 aromatic carbocycles. The van der Waals surface area contributed by atoms with Gasteiger partial charge in [0.05, 0.1) is 5.41 Å². The summed E-state index contributed by atoms with van der Waals surface area (Å²) in [5.41, 5.74) is 5.04. The molecule has 1 amide bonds. The molecule has 1 aliphatic heterocycles. The number of ether oxygens (including phenoxy) is 2. The minimum Gasteiger partial charge on any atom is -0.455 e. The maximum absolute atomic E-state index is 12.4. The van der Waals surface area contributed by atoms with E-state index in [9.17, 15) is 9.59 Å². The smallest absolute Gasteiger partial charge is 0.317 e. The Hall–Kier alpha value is -1.59. The summed E-state index contributed by atoms with van der Waals surface area (Å²) in [6.07, 6.45) is 1.01. The van der Waals surface area contributed by atoms with Crippen LogP contribution in [0.2, 0.25) is 5.02 Å². The van der Waals surface area contributed by atoms with Crippen molar-refractivity contribution in [3.63, 3.8) is 0 Å². The van der Waals surface area contributed by atoms with Gasteiger partial charge in [-0.25, -0.2) is 0 Å². The van der Waals surface area contributed by atoms with E-state index in [1.807, 2.05) is 0 Å². The first-order chi connectivity index (χ1) is 9.54. The van der Waals surface area contributed by atoms with Crippen LogP contribution in [-0.4, -0.2) is 31.7 Å². The van der Waals surface area contributed by atoms with E-state index in [1.165, 1.54) is 0 Å². The Morgan fingerprint density at radius 1 is 1.25 bits per heavy atom. The van der Waals surface area contributed by atoms with Gasteiger partial charge in [-0.15, -0.1) is 0 Å². The van der Waals surface area contributed by atoms with E-state index in [2.05, 4.69) is 0 Å². The first kappa shape index (κ1) is 14.8. The zero-order valence-electron chi connectivity index (χ0n) is 10.9. The fourth-order valence-electron chi connectivity index (χ4n) is 2.37. The van der Waals surface area contributed by atoms with Crippen LogP contribution in [0.25, 0.3) is 0 Å². The Morgan fingerprint density at radius 3 is 2.40 bits per heavy atom. The molecular weight excluding hydrogens is 282 g/mol. The lowest BCUT2D eigenvalue weighted by Gasteiger charge is -2.35. The Kier molecular flexibility index (Phi) is 4.62. The maximum Gasteiger partial charge on any atom is 0.317 e. The summed E-state index contributed by atoms with van der Waals surface area (Å²) in [7, 11) is 0. The second-order valence-corrected chi connectivity index (χ2v) is 5.18. The molecule has 1 fully saturated rings. The van der Waals surface area contributed by atoms with Crippen molar-refractivity contribution in [2.75, 3.05) is 19.8 Å². The molecule has 0 bridgehead atoms. The molecule has 2 N–H and O–H groups in total. The standard InChI is InChI=1S/C14H16ClNO4/c15-11-3-1-10(2-4-11)14(5-7-19-8-6-14)13(18)20-9-12(16)17/h1-4H,5-9H2,(H2,16,17). The first-order valence-electron chi connectivity index (χ1n) is 6.34. The van der Waals surface area contributed by atoms with Crippen molar-refractivity contribution < 1.29 is 19.1 Å². The summed E-state index contributed by atoms with van der Waals surface area (Å²) in [5, 5.41) is 0.599. The highest BCUT2D eigenvalue weighted by molar-refractivity contribution is 6.30. The van der Waals surface area contributed by atoms with Crippen LogP contribution >= 0.6 is 11.6 Å². The number of rotatable bonds is 4.